The molecule has 1 aromatic rings. The van der Waals surface area contributed by atoms with E-state index in [1.165, 1.54) is 30.4 Å². The Bertz CT molecular complexity index is 451. The fraction of sp³-hybridized carbons (Fsp3) is 0.353. The fourth-order valence-electron chi connectivity index (χ4n) is 2.03. The van der Waals surface area contributed by atoms with Gasteiger partial charge >= 0.3 is 0 Å². The first-order chi connectivity index (χ1) is 9.69. The lowest BCUT2D eigenvalue weighted by Crippen LogP contribution is -2.10. The van der Waals surface area contributed by atoms with Gasteiger partial charge in [0.15, 0.2) is 0 Å². The highest BCUT2D eigenvalue weighted by atomic mass is 31.0. The van der Waals surface area contributed by atoms with Gasteiger partial charge in [0.05, 0.1) is 6.61 Å². The first-order valence-electron chi connectivity index (χ1n) is 6.82. The zero-order valence-electron chi connectivity index (χ0n) is 12.0. The summed E-state index contributed by atoms with van der Waals surface area (Å²) in [5.41, 5.74) is 3.99. The maximum atomic E-state index is 10.0. The Balaban J connectivity index is 0.000000217. The molecule has 0 aromatic heterocycles. The van der Waals surface area contributed by atoms with Gasteiger partial charge in [-0.15, -0.1) is 9.24 Å². The molecular formula is C17H23O2P. The van der Waals surface area contributed by atoms with Crippen LogP contribution in [-0.4, -0.2) is 25.7 Å². The van der Waals surface area contributed by atoms with Crippen LogP contribution in [0.15, 0.2) is 54.1 Å². The Hall–Kier alpha value is -1.24. The van der Waals surface area contributed by atoms with Crippen LogP contribution in [0.2, 0.25) is 0 Å². The topological polar surface area (TPSA) is 26.3 Å². The molecule has 20 heavy (non-hydrogen) atoms. The SMILES string of the molecule is C=C1/C(=C\COC)CCC[C@@H]1P.O=Cc1ccccc1. The number of aldehydes is 1. The predicted octanol–water partition coefficient (Wildman–Crippen LogP) is 4.04. The summed E-state index contributed by atoms with van der Waals surface area (Å²) in [6.07, 6.45) is 6.70. The molecule has 0 spiro atoms. The van der Waals surface area contributed by atoms with Crippen LogP contribution in [-0.2, 0) is 4.74 Å². The fourth-order valence-corrected chi connectivity index (χ4v) is 2.48. The van der Waals surface area contributed by atoms with Crippen molar-refractivity contribution in [3.8, 4) is 0 Å². The molecule has 1 unspecified atom stereocenters. The molecule has 1 aromatic carbocycles. The molecule has 1 fully saturated rings. The van der Waals surface area contributed by atoms with Crippen LogP contribution in [0, 0.1) is 0 Å². The monoisotopic (exact) mass is 290 g/mol. The van der Waals surface area contributed by atoms with Gasteiger partial charge in [-0.1, -0.05) is 43.0 Å². The van der Waals surface area contributed by atoms with Crippen molar-refractivity contribution in [1.82, 2.24) is 0 Å². The Morgan fingerprint density at radius 2 is 2.10 bits per heavy atom. The van der Waals surface area contributed by atoms with Gasteiger partial charge in [0.25, 0.3) is 0 Å². The van der Waals surface area contributed by atoms with Gasteiger partial charge in [-0.3, -0.25) is 4.79 Å². The summed E-state index contributed by atoms with van der Waals surface area (Å²) in [7, 11) is 4.58. The minimum Gasteiger partial charge on any atom is -0.381 e. The molecule has 1 saturated carbocycles. The van der Waals surface area contributed by atoms with Crippen LogP contribution >= 0.6 is 9.24 Å². The minimum absolute atomic E-state index is 0.585. The number of allylic oxidation sites excluding steroid dienone is 2. The number of carbonyl (C=O) groups is 1. The summed E-state index contributed by atoms with van der Waals surface area (Å²) in [5.74, 6) is 0. The second-order valence-electron chi connectivity index (χ2n) is 4.74. The van der Waals surface area contributed by atoms with E-state index < -0.39 is 0 Å². The standard InChI is InChI=1S/C10H17OP.C7H6O/c1-8-9(6-7-11-2)4-3-5-10(8)12;8-6-7-4-2-1-3-5-7/h6,10H,1,3-5,7,12H2,2H3;1-6H/b9-6-;/t10-;/m0./s1. The summed E-state index contributed by atoms with van der Waals surface area (Å²) in [5, 5.41) is 0. The van der Waals surface area contributed by atoms with E-state index in [4.69, 9.17) is 4.74 Å². The van der Waals surface area contributed by atoms with Crippen LogP contribution in [0.4, 0.5) is 0 Å². The number of carbonyl (C=O) groups excluding carboxylic acids is 1. The van der Waals surface area contributed by atoms with Crippen molar-refractivity contribution in [2.24, 2.45) is 0 Å². The van der Waals surface area contributed by atoms with Crippen LogP contribution in [0.3, 0.4) is 0 Å². The molecule has 108 valence electrons. The molecule has 0 amide bonds. The highest BCUT2D eigenvalue weighted by Gasteiger charge is 2.16. The van der Waals surface area contributed by atoms with Gasteiger partial charge in [0.1, 0.15) is 6.29 Å². The number of ether oxygens (including phenoxy) is 1. The maximum Gasteiger partial charge on any atom is 0.150 e. The van der Waals surface area contributed by atoms with Crippen molar-refractivity contribution in [2.75, 3.05) is 13.7 Å². The number of methoxy groups -OCH3 is 1. The summed E-state index contributed by atoms with van der Waals surface area (Å²) in [6.45, 7) is 4.80. The van der Waals surface area contributed by atoms with Crippen molar-refractivity contribution >= 4 is 15.5 Å². The lowest BCUT2D eigenvalue weighted by atomic mass is 9.90. The van der Waals surface area contributed by atoms with Crippen LogP contribution in [0.5, 0.6) is 0 Å². The van der Waals surface area contributed by atoms with Gasteiger partial charge in [0.2, 0.25) is 0 Å². The average Bonchev–Trinajstić information content (AvgIpc) is 2.50. The number of hydrogen-bond acceptors (Lipinski definition) is 2. The van der Waals surface area contributed by atoms with Crippen molar-refractivity contribution in [1.29, 1.82) is 0 Å². The lowest BCUT2D eigenvalue weighted by molar-refractivity contribution is 0.112. The van der Waals surface area contributed by atoms with E-state index in [2.05, 4.69) is 21.9 Å². The minimum atomic E-state index is 0.585. The van der Waals surface area contributed by atoms with Crippen LogP contribution in [0.25, 0.3) is 0 Å². The molecule has 1 aliphatic carbocycles. The Labute approximate surface area is 124 Å². The van der Waals surface area contributed by atoms with Gasteiger partial charge in [-0.25, -0.2) is 0 Å². The van der Waals surface area contributed by atoms with Crippen molar-refractivity contribution in [2.45, 2.75) is 24.9 Å². The molecule has 1 aliphatic rings. The van der Waals surface area contributed by atoms with Gasteiger partial charge in [0, 0.05) is 12.7 Å². The molecule has 2 atom stereocenters. The number of benzene rings is 1. The summed E-state index contributed by atoms with van der Waals surface area (Å²) in [4.78, 5) is 10.0. The van der Waals surface area contributed by atoms with Crippen LogP contribution in [0.1, 0.15) is 29.6 Å². The third-order valence-electron chi connectivity index (χ3n) is 3.25. The highest BCUT2D eigenvalue weighted by Crippen LogP contribution is 2.32. The third-order valence-corrected chi connectivity index (χ3v) is 3.99. The van der Waals surface area contributed by atoms with E-state index in [-0.39, 0.29) is 0 Å². The van der Waals surface area contributed by atoms with E-state index in [1.807, 2.05) is 18.2 Å². The second kappa shape index (κ2) is 9.63. The summed E-state index contributed by atoms with van der Waals surface area (Å²) in [6, 6.07) is 9.10. The molecular weight excluding hydrogens is 267 g/mol. The predicted molar refractivity (Wildman–Crippen MR) is 88.3 cm³/mol. The number of rotatable bonds is 3. The molecule has 0 radical (unpaired) electrons. The van der Waals surface area contributed by atoms with E-state index in [9.17, 15) is 4.79 Å². The third kappa shape index (κ3) is 5.81. The smallest absolute Gasteiger partial charge is 0.150 e. The van der Waals surface area contributed by atoms with Crippen molar-refractivity contribution < 1.29 is 9.53 Å². The van der Waals surface area contributed by atoms with Gasteiger partial charge < -0.3 is 4.74 Å². The molecule has 0 bridgehead atoms. The molecule has 0 N–H and O–H groups in total. The normalized spacial score (nSPS) is 20.2. The largest absolute Gasteiger partial charge is 0.381 e. The summed E-state index contributed by atoms with van der Waals surface area (Å²) >= 11 is 0. The molecule has 0 aliphatic heterocycles. The van der Waals surface area contributed by atoms with E-state index in [1.54, 1.807) is 19.2 Å². The van der Waals surface area contributed by atoms with Crippen molar-refractivity contribution in [3.05, 3.63) is 59.7 Å². The Morgan fingerprint density at radius 1 is 1.40 bits per heavy atom. The second-order valence-corrected chi connectivity index (χ2v) is 5.54. The Morgan fingerprint density at radius 3 is 2.65 bits per heavy atom. The highest BCUT2D eigenvalue weighted by molar-refractivity contribution is 7.18. The van der Waals surface area contributed by atoms with E-state index in [0.717, 1.165) is 11.8 Å². The summed E-state index contributed by atoms with van der Waals surface area (Å²) < 4.78 is 5.00. The van der Waals surface area contributed by atoms with Crippen LogP contribution < -0.4 is 0 Å². The zero-order valence-corrected chi connectivity index (χ0v) is 13.2. The average molecular weight is 290 g/mol. The van der Waals surface area contributed by atoms with Gasteiger partial charge in [-0.05, 0) is 36.1 Å². The maximum absolute atomic E-state index is 10.0. The van der Waals surface area contributed by atoms with Crippen molar-refractivity contribution in [3.63, 3.8) is 0 Å². The first-order valence-corrected chi connectivity index (χ1v) is 7.48. The van der Waals surface area contributed by atoms with E-state index in [0.29, 0.717) is 12.3 Å². The molecule has 0 saturated heterocycles. The first kappa shape index (κ1) is 16.8. The Kier molecular flexibility index (Phi) is 8.10. The quantitative estimate of drug-likeness (QED) is 0.620. The van der Waals surface area contributed by atoms with E-state index >= 15 is 0 Å². The molecule has 2 rings (SSSR count). The molecule has 3 heteroatoms. The lowest BCUT2D eigenvalue weighted by Gasteiger charge is -2.23. The zero-order chi connectivity index (χ0) is 14.8. The molecule has 0 heterocycles. The molecule has 2 nitrogen and oxygen atoms in total. The van der Waals surface area contributed by atoms with Gasteiger partial charge in [-0.2, -0.15) is 0 Å². The number of hydrogen-bond donors (Lipinski definition) is 0.